The molecule has 1 unspecified atom stereocenters. The lowest BCUT2D eigenvalue weighted by molar-refractivity contribution is -0.153. The number of fused-ring (bicyclic) bond motifs is 1. The normalized spacial score (nSPS) is 35.3. The van der Waals surface area contributed by atoms with Crippen LogP contribution in [0.1, 0.15) is 39.5 Å². The van der Waals surface area contributed by atoms with E-state index in [-0.39, 0.29) is 18.0 Å². The Morgan fingerprint density at radius 2 is 2.18 bits per heavy atom. The summed E-state index contributed by atoms with van der Waals surface area (Å²) in [5, 5.41) is 0. The van der Waals surface area contributed by atoms with Gasteiger partial charge in [0.25, 0.3) is 0 Å². The minimum atomic E-state index is -0.593. The number of carbonyl (C=O) groups excluding carboxylic acids is 2. The van der Waals surface area contributed by atoms with Gasteiger partial charge in [-0.2, -0.15) is 0 Å². The van der Waals surface area contributed by atoms with Crippen LogP contribution >= 0.6 is 0 Å². The van der Waals surface area contributed by atoms with Gasteiger partial charge in [0.05, 0.1) is 25.2 Å². The molecule has 22 heavy (non-hydrogen) atoms. The third-order valence-corrected chi connectivity index (χ3v) is 4.97. The molecule has 2 bridgehead atoms. The molecule has 0 radical (unpaired) electrons. The van der Waals surface area contributed by atoms with Crippen molar-refractivity contribution in [2.45, 2.75) is 51.2 Å². The van der Waals surface area contributed by atoms with E-state index in [1.807, 2.05) is 17.1 Å². The van der Waals surface area contributed by atoms with Crippen LogP contribution in [0.15, 0.2) is 12.2 Å². The Kier molecular flexibility index (Phi) is 4.26. The number of esters is 1. The molecule has 1 spiro atoms. The Labute approximate surface area is 131 Å². The highest BCUT2D eigenvalue weighted by atomic mass is 16.6. The highest BCUT2D eigenvalue weighted by Gasteiger charge is 2.67. The number of hydrogen-bond acceptors (Lipinski definition) is 4. The molecule has 2 fully saturated rings. The zero-order valence-electron chi connectivity index (χ0n) is 13.4. The highest BCUT2D eigenvalue weighted by molar-refractivity contribution is 5.91. The molecular weight excluding hydrogens is 282 g/mol. The standard InChI is InChI=1S/C17H25NO4/c1-3-5-9-18-11-17-8-7-12(22-17)13(14(17)15(18)19)16(20)21-10-6-4-2/h7-8,12-14H,3-6,9-11H2,1-2H3/t12-,13+,14-,17?/m0/s1. The van der Waals surface area contributed by atoms with Crippen molar-refractivity contribution in [1.29, 1.82) is 0 Å². The molecule has 4 atom stereocenters. The molecule has 122 valence electrons. The highest BCUT2D eigenvalue weighted by Crippen LogP contribution is 2.52. The second-order valence-electron chi connectivity index (χ2n) is 6.53. The number of unbranched alkanes of at least 4 members (excludes halogenated alkanes) is 2. The van der Waals surface area contributed by atoms with Gasteiger partial charge in [-0.1, -0.05) is 38.8 Å². The Balaban J connectivity index is 1.73. The lowest BCUT2D eigenvalue weighted by Gasteiger charge is -2.22. The first-order chi connectivity index (χ1) is 10.6. The molecule has 5 heteroatoms. The van der Waals surface area contributed by atoms with Crippen molar-refractivity contribution in [2.75, 3.05) is 19.7 Å². The van der Waals surface area contributed by atoms with Crippen LogP contribution in [0.4, 0.5) is 0 Å². The predicted octanol–water partition coefficient (Wildman–Crippen LogP) is 1.91. The van der Waals surface area contributed by atoms with Gasteiger partial charge in [0.2, 0.25) is 5.91 Å². The Morgan fingerprint density at radius 3 is 2.91 bits per heavy atom. The van der Waals surface area contributed by atoms with E-state index in [0.717, 1.165) is 32.2 Å². The molecular formula is C17H25NO4. The summed E-state index contributed by atoms with van der Waals surface area (Å²) in [7, 11) is 0. The van der Waals surface area contributed by atoms with Crippen LogP contribution in [0.5, 0.6) is 0 Å². The van der Waals surface area contributed by atoms with Gasteiger partial charge in [-0.25, -0.2) is 0 Å². The van der Waals surface area contributed by atoms with Crippen molar-refractivity contribution in [1.82, 2.24) is 4.90 Å². The number of ether oxygens (including phenoxy) is 2. The second kappa shape index (κ2) is 6.03. The van der Waals surface area contributed by atoms with Crippen LogP contribution in [-0.4, -0.2) is 48.2 Å². The molecule has 1 amide bonds. The van der Waals surface area contributed by atoms with Crippen molar-refractivity contribution in [2.24, 2.45) is 11.8 Å². The first-order valence-corrected chi connectivity index (χ1v) is 8.45. The van der Waals surface area contributed by atoms with E-state index in [0.29, 0.717) is 13.2 Å². The number of likely N-dealkylation sites (tertiary alicyclic amines) is 1. The molecule has 0 aromatic rings. The lowest BCUT2D eigenvalue weighted by atomic mass is 9.77. The summed E-state index contributed by atoms with van der Waals surface area (Å²) in [5.74, 6) is -1.09. The maximum atomic E-state index is 12.7. The van der Waals surface area contributed by atoms with E-state index in [1.54, 1.807) is 0 Å². The molecule has 3 rings (SSSR count). The smallest absolute Gasteiger partial charge is 0.312 e. The first kappa shape index (κ1) is 15.5. The maximum absolute atomic E-state index is 12.7. The molecule has 0 N–H and O–H groups in total. The molecule has 3 aliphatic heterocycles. The fourth-order valence-corrected chi connectivity index (χ4v) is 3.80. The van der Waals surface area contributed by atoms with Gasteiger partial charge in [-0.05, 0) is 12.8 Å². The summed E-state index contributed by atoms with van der Waals surface area (Å²) in [4.78, 5) is 27.0. The Morgan fingerprint density at radius 1 is 1.41 bits per heavy atom. The van der Waals surface area contributed by atoms with Crippen molar-refractivity contribution in [3.8, 4) is 0 Å². The number of hydrogen-bond donors (Lipinski definition) is 0. The number of carbonyl (C=O) groups is 2. The summed E-state index contributed by atoms with van der Waals surface area (Å²) in [6, 6.07) is 0. The van der Waals surface area contributed by atoms with Crippen LogP contribution < -0.4 is 0 Å². The number of rotatable bonds is 7. The average molecular weight is 307 g/mol. The van der Waals surface area contributed by atoms with Crippen LogP contribution in [0.25, 0.3) is 0 Å². The molecule has 5 nitrogen and oxygen atoms in total. The summed E-state index contributed by atoms with van der Waals surface area (Å²) in [5.41, 5.74) is -0.593. The van der Waals surface area contributed by atoms with Gasteiger partial charge in [0, 0.05) is 6.54 Å². The first-order valence-electron chi connectivity index (χ1n) is 8.45. The zero-order valence-corrected chi connectivity index (χ0v) is 13.4. The van der Waals surface area contributed by atoms with Crippen molar-refractivity contribution < 1.29 is 19.1 Å². The van der Waals surface area contributed by atoms with Gasteiger partial charge in [0.15, 0.2) is 0 Å². The fraction of sp³-hybridized carbons (Fsp3) is 0.765. The van der Waals surface area contributed by atoms with Crippen molar-refractivity contribution >= 4 is 11.9 Å². The van der Waals surface area contributed by atoms with Gasteiger partial charge >= 0.3 is 5.97 Å². The second-order valence-corrected chi connectivity index (χ2v) is 6.53. The van der Waals surface area contributed by atoms with E-state index < -0.39 is 17.4 Å². The van der Waals surface area contributed by atoms with Crippen molar-refractivity contribution in [3.63, 3.8) is 0 Å². The third-order valence-electron chi connectivity index (χ3n) is 4.97. The summed E-state index contributed by atoms with van der Waals surface area (Å²) in [6.07, 6.45) is 7.48. The SMILES string of the molecule is CCCCOC(=O)[C@@H]1[C@@H]2C=CC3(CN(CCCC)C(=O)[C@H]13)O2. The van der Waals surface area contributed by atoms with Gasteiger partial charge in [-0.3, -0.25) is 9.59 Å². The molecule has 3 heterocycles. The minimum absolute atomic E-state index is 0.0535. The van der Waals surface area contributed by atoms with Crippen LogP contribution in [0.2, 0.25) is 0 Å². The monoisotopic (exact) mass is 307 g/mol. The Hall–Kier alpha value is -1.36. The summed E-state index contributed by atoms with van der Waals surface area (Å²) < 4.78 is 11.4. The van der Waals surface area contributed by atoms with Crippen LogP contribution in [0.3, 0.4) is 0 Å². The van der Waals surface area contributed by atoms with E-state index in [4.69, 9.17) is 9.47 Å². The Bertz CT molecular complexity index is 489. The summed E-state index contributed by atoms with van der Waals surface area (Å²) in [6.45, 7) is 5.90. The van der Waals surface area contributed by atoms with Gasteiger partial charge in [0.1, 0.15) is 11.5 Å². The topological polar surface area (TPSA) is 55.8 Å². The minimum Gasteiger partial charge on any atom is -0.465 e. The van der Waals surface area contributed by atoms with Crippen molar-refractivity contribution in [3.05, 3.63) is 12.2 Å². The largest absolute Gasteiger partial charge is 0.465 e. The molecule has 2 saturated heterocycles. The maximum Gasteiger partial charge on any atom is 0.312 e. The van der Waals surface area contributed by atoms with E-state index in [9.17, 15) is 9.59 Å². The summed E-state index contributed by atoms with van der Waals surface area (Å²) >= 11 is 0. The predicted molar refractivity (Wildman–Crippen MR) is 81.1 cm³/mol. The van der Waals surface area contributed by atoms with Gasteiger partial charge < -0.3 is 14.4 Å². The molecule has 3 aliphatic rings. The van der Waals surface area contributed by atoms with E-state index in [2.05, 4.69) is 13.8 Å². The van der Waals surface area contributed by atoms with E-state index >= 15 is 0 Å². The fourth-order valence-electron chi connectivity index (χ4n) is 3.80. The quantitative estimate of drug-likeness (QED) is 0.409. The average Bonchev–Trinajstić information content (AvgIpc) is 3.14. The lowest BCUT2D eigenvalue weighted by Crippen LogP contribution is -2.40. The third kappa shape index (κ3) is 2.35. The van der Waals surface area contributed by atoms with Crippen LogP contribution in [-0.2, 0) is 19.1 Å². The number of nitrogens with zero attached hydrogens (tertiary/aromatic N) is 1. The molecule has 0 aliphatic carbocycles. The van der Waals surface area contributed by atoms with Crippen LogP contribution in [0, 0.1) is 11.8 Å². The number of amides is 1. The molecule has 0 aromatic carbocycles. The molecule has 0 aromatic heterocycles. The molecule has 0 saturated carbocycles. The van der Waals surface area contributed by atoms with E-state index in [1.165, 1.54) is 0 Å². The zero-order chi connectivity index (χ0) is 15.7. The van der Waals surface area contributed by atoms with Gasteiger partial charge in [-0.15, -0.1) is 0 Å².